The summed E-state index contributed by atoms with van der Waals surface area (Å²) in [6.45, 7) is 0.838. The number of rotatable bonds is 1. The first-order valence-corrected chi connectivity index (χ1v) is 5.71. The number of carbonyl (C=O) groups excluding carboxylic acids is 1. The van der Waals surface area contributed by atoms with Crippen molar-refractivity contribution in [2.75, 3.05) is 11.4 Å². The van der Waals surface area contributed by atoms with Crippen molar-refractivity contribution < 1.29 is 4.79 Å². The highest BCUT2D eigenvalue weighted by Crippen LogP contribution is 2.23. The van der Waals surface area contributed by atoms with Crippen LogP contribution in [0.2, 0.25) is 0 Å². The van der Waals surface area contributed by atoms with Gasteiger partial charge in [0.15, 0.2) is 0 Å². The van der Waals surface area contributed by atoms with Crippen molar-refractivity contribution in [2.24, 2.45) is 0 Å². The Kier molecular flexibility index (Phi) is 2.87. The molecule has 74 valence electrons. The number of benzene rings is 1. The summed E-state index contributed by atoms with van der Waals surface area (Å²) in [5, 5.41) is 0. The molecule has 0 saturated carbocycles. The Morgan fingerprint density at radius 2 is 2.00 bits per heavy atom. The van der Waals surface area contributed by atoms with Gasteiger partial charge in [-0.2, -0.15) is 0 Å². The molecule has 1 heterocycles. The Hall–Kier alpha value is -0.830. The molecule has 2 nitrogen and oxygen atoms in total. The lowest BCUT2D eigenvalue weighted by Gasteiger charge is -2.29. The van der Waals surface area contributed by atoms with Gasteiger partial charge in [0.1, 0.15) is 0 Å². The number of piperidine rings is 1. The molecule has 1 aromatic rings. The molecule has 14 heavy (non-hydrogen) atoms. The monoisotopic (exact) mass is 253 g/mol. The van der Waals surface area contributed by atoms with Gasteiger partial charge >= 0.3 is 0 Å². The summed E-state index contributed by atoms with van der Waals surface area (Å²) < 4.78 is 0. The summed E-state index contributed by atoms with van der Waals surface area (Å²) in [6.07, 6.45) is 2.01. The van der Waals surface area contributed by atoms with Crippen molar-refractivity contribution >= 4 is 27.5 Å². The first-order valence-electron chi connectivity index (χ1n) is 4.79. The van der Waals surface area contributed by atoms with Crippen LogP contribution in [0.5, 0.6) is 0 Å². The maximum Gasteiger partial charge on any atom is 0.240 e. The fourth-order valence-electron chi connectivity index (χ4n) is 1.70. The zero-order valence-electron chi connectivity index (χ0n) is 7.82. The van der Waals surface area contributed by atoms with Crippen molar-refractivity contribution in [1.82, 2.24) is 0 Å². The maximum absolute atomic E-state index is 11.8. The molecule has 1 amide bonds. The summed E-state index contributed by atoms with van der Waals surface area (Å²) in [5.74, 6) is 0.183. The number of nitrogens with zero attached hydrogens (tertiary/aromatic N) is 1. The maximum atomic E-state index is 11.8. The van der Waals surface area contributed by atoms with Crippen molar-refractivity contribution in [3.8, 4) is 0 Å². The largest absolute Gasteiger partial charge is 0.311 e. The topological polar surface area (TPSA) is 20.3 Å². The predicted octanol–water partition coefficient (Wildman–Crippen LogP) is 2.58. The lowest BCUT2D eigenvalue weighted by Crippen LogP contribution is -2.41. The van der Waals surface area contributed by atoms with Crippen LogP contribution in [0.15, 0.2) is 30.3 Å². The highest BCUT2D eigenvalue weighted by molar-refractivity contribution is 9.10. The number of amides is 1. The number of alkyl halides is 1. The van der Waals surface area contributed by atoms with E-state index in [2.05, 4.69) is 15.9 Å². The molecule has 1 fully saturated rings. The standard InChI is InChI=1S/C11H12BrNO/c12-10-7-4-8-13(11(10)14)9-5-2-1-3-6-9/h1-3,5-6,10H,4,7-8H2. The second-order valence-corrected chi connectivity index (χ2v) is 4.54. The SMILES string of the molecule is O=C1C(Br)CCCN1c1ccccc1. The summed E-state index contributed by atoms with van der Waals surface area (Å²) in [4.78, 5) is 13.7. The van der Waals surface area contributed by atoms with E-state index in [1.807, 2.05) is 35.2 Å². The molecule has 0 bridgehead atoms. The fourth-order valence-corrected chi connectivity index (χ4v) is 2.27. The average molecular weight is 254 g/mol. The van der Waals surface area contributed by atoms with E-state index in [1.165, 1.54) is 0 Å². The Bertz CT molecular complexity index is 325. The van der Waals surface area contributed by atoms with Gasteiger partial charge in [0.2, 0.25) is 5.91 Å². The molecule has 1 aliphatic heterocycles. The number of hydrogen-bond donors (Lipinski definition) is 0. The van der Waals surface area contributed by atoms with Crippen LogP contribution in [-0.2, 0) is 4.79 Å². The van der Waals surface area contributed by atoms with Gasteiger partial charge in [0, 0.05) is 12.2 Å². The lowest BCUT2D eigenvalue weighted by atomic mass is 10.1. The quantitative estimate of drug-likeness (QED) is 0.705. The third-order valence-corrected chi connectivity index (χ3v) is 3.29. The lowest BCUT2D eigenvalue weighted by molar-refractivity contribution is -0.118. The number of halogens is 1. The molecule has 1 unspecified atom stereocenters. The van der Waals surface area contributed by atoms with Crippen LogP contribution in [-0.4, -0.2) is 17.3 Å². The van der Waals surface area contributed by atoms with Crippen molar-refractivity contribution in [3.05, 3.63) is 30.3 Å². The molecule has 0 radical (unpaired) electrons. The Balaban J connectivity index is 2.22. The zero-order chi connectivity index (χ0) is 9.97. The van der Waals surface area contributed by atoms with Crippen molar-refractivity contribution in [2.45, 2.75) is 17.7 Å². The van der Waals surface area contributed by atoms with E-state index < -0.39 is 0 Å². The third kappa shape index (κ3) is 1.82. The van der Waals surface area contributed by atoms with Gasteiger partial charge in [0.25, 0.3) is 0 Å². The van der Waals surface area contributed by atoms with E-state index in [1.54, 1.807) is 0 Å². The van der Waals surface area contributed by atoms with Crippen LogP contribution < -0.4 is 4.90 Å². The van der Waals surface area contributed by atoms with E-state index in [0.29, 0.717) is 0 Å². The van der Waals surface area contributed by atoms with E-state index in [9.17, 15) is 4.79 Å². The molecule has 0 aromatic heterocycles. The Morgan fingerprint density at radius 3 is 2.71 bits per heavy atom. The minimum Gasteiger partial charge on any atom is -0.311 e. The van der Waals surface area contributed by atoms with E-state index in [0.717, 1.165) is 25.1 Å². The minimum atomic E-state index is -0.00328. The van der Waals surface area contributed by atoms with Gasteiger partial charge in [-0.25, -0.2) is 0 Å². The molecule has 2 rings (SSSR count). The third-order valence-electron chi connectivity index (χ3n) is 2.44. The molecular weight excluding hydrogens is 242 g/mol. The second-order valence-electron chi connectivity index (χ2n) is 3.44. The predicted molar refractivity (Wildman–Crippen MR) is 60.7 cm³/mol. The molecule has 1 atom stereocenters. The fraction of sp³-hybridized carbons (Fsp3) is 0.364. The number of carbonyl (C=O) groups is 1. The van der Waals surface area contributed by atoms with Gasteiger partial charge in [-0.3, -0.25) is 4.79 Å². The van der Waals surface area contributed by atoms with Gasteiger partial charge in [0.05, 0.1) is 4.83 Å². The average Bonchev–Trinajstić information content (AvgIpc) is 2.23. The van der Waals surface area contributed by atoms with E-state index in [-0.39, 0.29) is 10.7 Å². The molecule has 0 N–H and O–H groups in total. The molecule has 1 aliphatic rings. The Labute approximate surface area is 92.0 Å². The van der Waals surface area contributed by atoms with Crippen molar-refractivity contribution in [1.29, 1.82) is 0 Å². The van der Waals surface area contributed by atoms with Crippen LogP contribution in [0.25, 0.3) is 0 Å². The highest BCUT2D eigenvalue weighted by Gasteiger charge is 2.27. The van der Waals surface area contributed by atoms with E-state index in [4.69, 9.17) is 0 Å². The van der Waals surface area contributed by atoms with Gasteiger partial charge < -0.3 is 4.90 Å². The molecule has 0 aliphatic carbocycles. The number of hydrogen-bond acceptors (Lipinski definition) is 1. The van der Waals surface area contributed by atoms with Gasteiger partial charge in [-0.1, -0.05) is 34.1 Å². The van der Waals surface area contributed by atoms with Crippen molar-refractivity contribution in [3.63, 3.8) is 0 Å². The first-order chi connectivity index (χ1) is 6.79. The van der Waals surface area contributed by atoms with Gasteiger partial charge in [-0.05, 0) is 25.0 Å². The smallest absolute Gasteiger partial charge is 0.240 e. The van der Waals surface area contributed by atoms with Crippen LogP contribution >= 0.6 is 15.9 Å². The van der Waals surface area contributed by atoms with Crippen LogP contribution in [0.3, 0.4) is 0 Å². The van der Waals surface area contributed by atoms with Crippen LogP contribution in [0, 0.1) is 0 Å². The number of anilines is 1. The summed E-state index contributed by atoms with van der Waals surface area (Å²) >= 11 is 3.40. The summed E-state index contributed by atoms with van der Waals surface area (Å²) in [5.41, 5.74) is 1.00. The second kappa shape index (κ2) is 4.13. The molecule has 3 heteroatoms. The van der Waals surface area contributed by atoms with E-state index >= 15 is 0 Å². The summed E-state index contributed by atoms with van der Waals surface area (Å²) in [7, 11) is 0. The zero-order valence-corrected chi connectivity index (χ0v) is 9.40. The molecular formula is C11H12BrNO. The molecule has 1 aromatic carbocycles. The molecule has 1 saturated heterocycles. The normalized spacial score (nSPS) is 22.5. The molecule has 0 spiro atoms. The van der Waals surface area contributed by atoms with Crippen LogP contribution in [0.4, 0.5) is 5.69 Å². The number of para-hydroxylation sites is 1. The summed E-state index contributed by atoms with van der Waals surface area (Å²) in [6, 6.07) is 9.83. The minimum absolute atomic E-state index is 0.00328. The first kappa shape index (κ1) is 9.71. The highest BCUT2D eigenvalue weighted by atomic mass is 79.9. The van der Waals surface area contributed by atoms with Gasteiger partial charge in [-0.15, -0.1) is 0 Å². The Morgan fingerprint density at radius 1 is 1.29 bits per heavy atom. The van der Waals surface area contributed by atoms with Crippen LogP contribution in [0.1, 0.15) is 12.8 Å².